The Balaban J connectivity index is 1.47. The van der Waals surface area contributed by atoms with Gasteiger partial charge >= 0.3 is 0 Å². The molecule has 6 rings (SSSR count). The largest absolute Gasteiger partial charge is 0.379 e. The van der Waals surface area contributed by atoms with Crippen LogP contribution in [0.3, 0.4) is 0 Å². The molecule has 0 aromatic carbocycles. The number of hydrogen-bond acceptors (Lipinski definition) is 7. The maximum atomic E-state index is 13.8. The summed E-state index contributed by atoms with van der Waals surface area (Å²) in [6.07, 6.45) is 6.11. The van der Waals surface area contributed by atoms with Gasteiger partial charge in [0, 0.05) is 50.2 Å². The average molecular weight is 494 g/mol. The van der Waals surface area contributed by atoms with E-state index in [1.165, 1.54) is 6.20 Å². The van der Waals surface area contributed by atoms with Crippen LogP contribution in [0.1, 0.15) is 35.7 Å². The quantitative estimate of drug-likeness (QED) is 0.425. The first-order chi connectivity index (χ1) is 17.6. The molecule has 188 valence electrons. The van der Waals surface area contributed by atoms with Crippen molar-refractivity contribution in [3.63, 3.8) is 0 Å². The van der Waals surface area contributed by atoms with Crippen molar-refractivity contribution in [1.82, 2.24) is 29.5 Å². The van der Waals surface area contributed by atoms with Gasteiger partial charge in [0.25, 0.3) is 5.91 Å². The van der Waals surface area contributed by atoms with Crippen LogP contribution >= 0.6 is 0 Å². The first-order valence-electron chi connectivity index (χ1n) is 12.2. The summed E-state index contributed by atoms with van der Waals surface area (Å²) in [5.41, 5.74) is 3.09. The summed E-state index contributed by atoms with van der Waals surface area (Å²) >= 11 is 0. The number of ether oxygens (including phenoxy) is 2. The number of rotatable bonds is 6. The third-order valence-electron chi connectivity index (χ3n) is 7.27. The van der Waals surface area contributed by atoms with Crippen molar-refractivity contribution in [1.29, 1.82) is 0 Å². The molecule has 1 aliphatic heterocycles. The Morgan fingerprint density at radius 3 is 2.92 bits per heavy atom. The van der Waals surface area contributed by atoms with E-state index in [4.69, 9.17) is 14.5 Å². The van der Waals surface area contributed by atoms with Gasteiger partial charge in [0.1, 0.15) is 29.3 Å². The molecule has 0 radical (unpaired) electrons. The van der Waals surface area contributed by atoms with Crippen LogP contribution in [0.4, 0.5) is 10.2 Å². The first kappa shape index (κ1) is 22.9. The Kier molecular flexibility index (Phi) is 5.81. The fourth-order valence-electron chi connectivity index (χ4n) is 5.09. The van der Waals surface area contributed by atoms with Gasteiger partial charge in [-0.2, -0.15) is 9.61 Å². The molecule has 0 bridgehead atoms. The van der Waals surface area contributed by atoms with Crippen LogP contribution in [0.15, 0.2) is 36.8 Å². The standard InChI is InChI=1S/C25H28FN7O3/c1-27-22-10-19(30-24-15(11-29-33(22)24)25(34)31-18-6-5-17(18)26)16-12-32(23-14(16)4-3-8-28-23)20-7-9-36-13-21(20)35-2/h3-4,8,10-12,17-18,20-21,27H,5-7,9,13H2,1-2H3,(H,31,34)/t17-,18?,20+,21+/m1/s1. The molecular weight excluding hydrogens is 465 g/mol. The molecule has 2 fully saturated rings. The number of nitrogens with zero attached hydrogens (tertiary/aromatic N) is 5. The third-order valence-corrected chi connectivity index (χ3v) is 7.27. The lowest BCUT2D eigenvalue weighted by molar-refractivity contribution is -0.0592. The van der Waals surface area contributed by atoms with Crippen LogP contribution in [-0.4, -0.2) is 75.7 Å². The zero-order chi connectivity index (χ0) is 24.8. The summed E-state index contributed by atoms with van der Waals surface area (Å²) in [6.45, 7) is 1.17. The van der Waals surface area contributed by atoms with E-state index in [1.54, 1.807) is 24.9 Å². The van der Waals surface area contributed by atoms with Crippen molar-refractivity contribution >= 4 is 28.4 Å². The second kappa shape index (κ2) is 9.14. The fraction of sp³-hybridized carbons (Fsp3) is 0.440. The zero-order valence-electron chi connectivity index (χ0n) is 20.1. The Hall–Kier alpha value is -3.57. The zero-order valence-corrected chi connectivity index (χ0v) is 20.1. The van der Waals surface area contributed by atoms with Crippen molar-refractivity contribution in [3.05, 3.63) is 42.4 Å². The number of carbonyl (C=O) groups excluding carboxylic acids is 1. The van der Waals surface area contributed by atoms with Crippen LogP contribution < -0.4 is 10.6 Å². The van der Waals surface area contributed by atoms with E-state index in [-0.39, 0.29) is 18.1 Å². The molecule has 4 aromatic heterocycles. The Bertz CT molecular complexity index is 1430. The smallest absolute Gasteiger partial charge is 0.257 e. The van der Waals surface area contributed by atoms with Gasteiger partial charge in [-0.05, 0) is 31.4 Å². The number of nitrogens with one attached hydrogen (secondary N) is 2. The number of methoxy groups -OCH3 is 1. The minimum absolute atomic E-state index is 0.0647. The number of halogens is 1. The van der Waals surface area contributed by atoms with Crippen LogP contribution in [0.5, 0.6) is 0 Å². The number of anilines is 1. The maximum absolute atomic E-state index is 13.8. The van der Waals surface area contributed by atoms with Gasteiger partial charge in [-0.3, -0.25) is 4.79 Å². The first-order valence-corrected chi connectivity index (χ1v) is 12.2. The molecule has 1 aliphatic carbocycles. The van der Waals surface area contributed by atoms with Gasteiger partial charge in [-0.1, -0.05) is 0 Å². The third kappa shape index (κ3) is 3.70. The van der Waals surface area contributed by atoms with Crippen LogP contribution in [0.2, 0.25) is 0 Å². The summed E-state index contributed by atoms with van der Waals surface area (Å²) in [6, 6.07) is 5.42. The van der Waals surface area contributed by atoms with E-state index >= 15 is 0 Å². The monoisotopic (exact) mass is 493 g/mol. The van der Waals surface area contributed by atoms with Crippen molar-refractivity contribution in [2.75, 3.05) is 32.7 Å². The molecule has 2 N–H and O–H groups in total. The lowest BCUT2D eigenvalue weighted by Gasteiger charge is -2.31. The summed E-state index contributed by atoms with van der Waals surface area (Å²) in [5.74, 6) is 0.296. The van der Waals surface area contributed by atoms with Crippen LogP contribution in [0.25, 0.3) is 27.9 Å². The summed E-state index contributed by atoms with van der Waals surface area (Å²) in [7, 11) is 3.49. The summed E-state index contributed by atoms with van der Waals surface area (Å²) < 4.78 is 28.9. The lowest BCUT2D eigenvalue weighted by Crippen LogP contribution is -2.48. The number of hydrogen-bond donors (Lipinski definition) is 2. The molecule has 4 aromatic rings. The molecule has 0 spiro atoms. The van der Waals surface area contributed by atoms with Gasteiger partial charge in [-0.15, -0.1) is 0 Å². The second-order valence-corrected chi connectivity index (χ2v) is 9.27. The van der Waals surface area contributed by atoms with Gasteiger partial charge in [0.05, 0.1) is 30.6 Å². The number of alkyl halides is 1. The predicted molar refractivity (Wildman–Crippen MR) is 132 cm³/mol. The predicted octanol–water partition coefficient (Wildman–Crippen LogP) is 2.99. The molecule has 10 nitrogen and oxygen atoms in total. The minimum atomic E-state index is -1.01. The lowest BCUT2D eigenvalue weighted by atomic mass is 9.90. The summed E-state index contributed by atoms with van der Waals surface area (Å²) in [5, 5.41) is 11.2. The number of amides is 1. The molecule has 2 aliphatic rings. The Labute approximate surface area is 206 Å². The van der Waals surface area contributed by atoms with E-state index < -0.39 is 12.2 Å². The van der Waals surface area contributed by atoms with E-state index in [0.717, 1.165) is 23.0 Å². The molecule has 5 heterocycles. The van der Waals surface area contributed by atoms with E-state index in [2.05, 4.69) is 31.5 Å². The van der Waals surface area contributed by atoms with Gasteiger partial charge in [0.2, 0.25) is 0 Å². The topological polar surface area (TPSA) is 108 Å². The molecule has 36 heavy (non-hydrogen) atoms. The highest BCUT2D eigenvalue weighted by Crippen LogP contribution is 2.35. The van der Waals surface area contributed by atoms with Crippen LogP contribution in [0, 0.1) is 0 Å². The van der Waals surface area contributed by atoms with Gasteiger partial charge in [-0.25, -0.2) is 14.4 Å². The average Bonchev–Trinajstić information content (AvgIpc) is 3.52. The second-order valence-electron chi connectivity index (χ2n) is 9.27. The SMILES string of the molecule is CNc1cc(-c2cn([C@H]3CCOC[C@@H]3OC)c3ncccc23)nc2c(C(=O)NC3CC[C@H]3F)cnn12. The number of carbonyl (C=O) groups is 1. The molecule has 4 atom stereocenters. The molecule has 1 saturated heterocycles. The van der Waals surface area contributed by atoms with E-state index in [0.29, 0.717) is 48.8 Å². The number of fused-ring (bicyclic) bond motifs is 2. The van der Waals surface area contributed by atoms with Crippen molar-refractivity contribution in [2.24, 2.45) is 0 Å². The highest BCUT2D eigenvalue weighted by molar-refractivity contribution is 6.01. The van der Waals surface area contributed by atoms with Gasteiger partial charge in [0.15, 0.2) is 5.65 Å². The summed E-state index contributed by atoms with van der Waals surface area (Å²) in [4.78, 5) is 22.5. The normalized spacial score (nSPS) is 24.1. The fourth-order valence-corrected chi connectivity index (χ4v) is 5.09. The Morgan fingerprint density at radius 2 is 2.17 bits per heavy atom. The highest BCUT2D eigenvalue weighted by atomic mass is 19.1. The van der Waals surface area contributed by atoms with Crippen LogP contribution in [-0.2, 0) is 9.47 Å². The van der Waals surface area contributed by atoms with E-state index in [1.807, 2.05) is 18.2 Å². The van der Waals surface area contributed by atoms with Crippen molar-refractivity contribution < 1.29 is 18.7 Å². The van der Waals surface area contributed by atoms with Crippen molar-refractivity contribution in [2.45, 2.75) is 43.6 Å². The molecular formula is C25H28FN7O3. The van der Waals surface area contributed by atoms with Gasteiger partial charge < -0.3 is 24.7 Å². The molecule has 1 saturated carbocycles. The number of pyridine rings is 1. The maximum Gasteiger partial charge on any atom is 0.257 e. The number of aromatic nitrogens is 5. The van der Waals surface area contributed by atoms with E-state index in [9.17, 15) is 9.18 Å². The molecule has 1 unspecified atom stereocenters. The molecule has 1 amide bonds. The highest BCUT2D eigenvalue weighted by Gasteiger charge is 2.33. The molecule has 11 heteroatoms. The van der Waals surface area contributed by atoms with Crippen molar-refractivity contribution in [3.8, 4) is 11.3 Å². The minimum Gasteiger partial charge on any atom is -0.379 e. The Morgan fingerprint density at radius 1 is 1.28 bits per heavy atom.